The number of hydrogen-bond acceptors (Lipinski definition) is 4. The predicted molar refractivity (Wildman–Crippen MR) is 94.5 cm³/mol. The average molecular weight is 402 g/mol. The van der Waals surface area contributed by atoms with Crippen molar-refractivity contribution in [1.29, 1.82) is 0 Å². The fourth-order valence-corrected chi connectivity index (χ4v) is 2.51. The van der Waals surface area contributed by atoms with Gasteiger partial charge in [-0.05, 0) is 42.9 Å². The number of nitro groups is 1. The molecule has 0 aliphatic carbocycles. The van der Waals surface area contributed by atoms with E-state index < -0.39 is 22.6 Å². The van der Waals surface area contributed by atoms with Gasteiger partial charge in [0.15, 0.2) is 0 Å². The summed E-state index contributed by atoms with van der Waals surface area (Å²) in [6, 6.07) is 8.10. The Balaban J connectivity index is 1.96. The minimum absolute atomic E-state index is 0.0833. The Kier molecular flexibility index (Phi) is 6.40. The lowest BCUT2D eigenvalue weighted by atomic mass is 10.2. The molecule has 0 aliphatic rings. The summed E-state index contributed by atoms with van der Waals surface area (Å²) in [5.74, 6) is -0.446. The molecule has 0 radical (unpaired) electrons. The van der Waals surface area contributed by atoms with E-state index in [0.29, 0.717) is 10.6 Å². The van der Waals surface area contributed by atoms with Crippen LogP contribution in [0, 0.1) is 10.1 Å². The number of non-ortho nitro benzene ring substituents is 1. The van der Waals surface area contributed by atoms with Crippen molar-refractivity contribution in [3.63, 3.8) is 0 Å². The molecule has 0 atom stereocenters. The highest BCUT2D eigenvalue weighted by molar-refractivity contribution is 6.31. The molecule has 0 bridgehead atoms. The molecule has 2 rings (SSSR count). The number of halogens is 4. The molecular weight excluding hydrogens is 387 g/mol. The number of hydrogen-bond donors (Lipinski definition) is 1. The van der Waals surface area contributed by atoms with Crippen molar-refractivity contribution in [2.24, 2.45) is 0 Å². The SMILES string of the molecule is CN(CC(=O)Nc1ccc(C(F)(F)F)cc1)Cc1cc([N+](=O)[O-])ccc1Cl. The van der Waals surface area contributed by atoms with E-state index in [0.717, 1.165) is 24.3 Å². The highest BCUT2D eigenvalue weighted by atomic mass is 35.5. The summed E-state index contributed by atoms with van der Waals surface area (Å²) >= 11 is 6.02. The summed E-state index contributed by atoms with van der Waals surface area (Å²) in [4.78, 5) is 23.9. The first-order valence-electron chi connectivity index (χ1n) is 7.64. The number of nitrogens with zero attached hydrogens (tertiary/aromatic N) is 2. The summed E-state index contributed by atoms with van der Waals surface area (Å²) in [7, 11) is 1.61. The molecular formula is C17H15ClF3N3O3. The Morgan fingerprint density at radius 1 is 1.22 bits per heavy atom. The van der Waals surface area contributed by atoms with E-state index in [9.17, 15) is 28.1 Å². The van der Waals surface area contributed by atoms with Gasteiger partial charge in [0, 0.05) is 29.4 Å². The van der Waals surface area contributed by atoms with Crippen molar-refractivity contribution in [2.75, 3.05) is 18.9 Å². The van der Waals surface area contributed by atoms with Crippen LogP contribution < -0.4 is 5.32 Å². The smallest absolute Gasteiger partial charge is 0.325 e. The Bertz CT molecular complexity index is 842. The van der Waals surface area contributed by atoms with Gasteiger partial charge in [-0.25, -0.2) is 0 Å². The van der Waals surface area contributed by atoms with Crippen molar-refractivity contribution in [3.8, 4) is 0 Å². The Hall–Kier alpha value is -2.65. The Labute approximate surface area is 157 Å². The third kappa shape index (κ3) is 5.93. The number of nitrogens with one attached hydrogen (secondary N) is 1. The van der Waals surface area contributed by atoms with Gasteiger partial charge < -0.3 is 5.32 Å². The second-order valence-corrected chi connectivity index (χ2v) is 6.24. The lowest BCUT2D eigenvalue weighted by molar-refractivity contribution is -0.384. The van der Waals surface area contributed by atoms with Crippen molar-refractivity contribution < 1.29 is 22.9 Å². The van der Waals surface area contributed by atoms with E-state index in [1.807, 2.05) is 0 Å². The molecule has 1 N–H and O–H groups in total. The van der Waals surface area contributed by atoms with Crippen LogP contribution in [0.2, 0.25) is 5.02 Å². The summed E-state index contributed by atoms with van der Waals surface area (Å²) in [6.07, 6.45) is -4.44. The van der Waals surface area contributed by atoms with Crippen LogP contribution in [0.5, 0.6) is 0 Å². The first-order valence-corrected chi connectivity index (χ1v) is 8.02. The number of alkyl halides is 3. The van der Waals surface area contributed by atoms with E-state index >= 15 is 0 Å². The van der Waals surface area contributed by atoms with E-state index in [-0.39, 0.29) is 24.5 Å². The number of nitro benzene ring substituents is 1. The summed E-state index contributed by atoms with van der Waals surface area (Å²) in [5, 5.41) is 13.7. The maximum Gasteiger partial charge on any atom is 0.416 e. The van der Waals surface area contributed by atoms with Gasteiger partial charge in [0.1, 0.15) is 0 Å². The first-order chi connectivity index (χ1) is 12.6. The van der Waals surface area contributed by atoms with Gasteiger partial charge in [0.25, 0.3) is 5.69 Å². The van der Waals surface area contributed by atoms with Gasteiger partial charge >= 0.3 is 6.18 Å². The quantitative estimate of drug-likeness (QED) is 0.577. The first kappa shape index (κ1) is 20.7. The molecule has 0 heterocycles. The van der Waals surface area contributed by atoms with Crippen LogP contribution >= 0.6 is 11.6 Å². The summed E-state index contributed by atoms with van der Waals surface area (Å²) in [5.41, 5.74) is -0.208. The van der Waals surface area contributed by atoms with Gasteiger partial charge in [0.05, 0.1) is 17.0 Å². The molecule has 0 fully saturated rings. The van der Waals surface area contributed by atoms with E-state index in [2.05, 4.69) is 5.32 Å². The summed E-state index contributed by atoms with van der Waals surface area (Å²) in [6.45, 7) is 0.0982. The number of rotatable bonds is 6. The van der Waals surface area contributed by atoms with Gasteiger partial charge in [-0.3, -0.25) is 19.8 Å². The standard InChI is InChI=1S/C17H15ClF3N3O3/c1-23(9-11-8-14(24(26)27)6-7-15(11)18)10-16(25)22-13-4-2-12(3-5-13)17(19,20)21/h2-8H,9-10H2,1H3,(H,22,25). The predicted octanol–water partition coefficient (Wildman–Crippen LogP) is 4.34. The molecule has 2 aromatic rings. The monoisotopic (exact) mass is 401 g/mol. The van der Waals surface area contributed by atoms with Gasteiger partial charge in [-0.1, -0.05) is 11.6 Å². The highest BCUT2D eigenvalue weighted by Gasteiger charge is 2.30. The molecule has 1 amide bonds. The second kappa shape index (κ2) is 8.36. The molecule has 0 spiro atoms. The fraction of sp³-hybridized carbons (Fsp3) is 0.235. The fourth-order valence-electron chi connectivity index (χ4n) is 2.33. The van der Waals surface area contributed by atoms with Crippen LogP contribution in [0.4, 0.5) is 24.5 Å². The van der Waals surface area contributed by atoms with Gasteiger partial charge in [-0.2, -0.15) is 13.2 Å². The van der Waals surface area contributed by atoms with Crippen LogP contribution in [-0.4, -0.2) is 29.3 Å². The normalized spacial score (nSPS) is 11.5. The number of amides is 1. The molecule has 0 aromatic heterocycles. The molecule has 144 valence electrons. The number of carbonyl (C=O) groups is 1. The third-order valence-electron chi connectivity index (χ3n) is 3.59. The van der Waals surface area contributed by atoms with Crippen molar-refractivity contribution in [2.45, 2.75) is 12.7 Å². The molecule has 27 heavy (non-hydrogen) atoms. The molecule has 0 aliphatic heterocycles. The number of likely N-dealkylation sites (N-methyl/N-ethyl adjacent to an activating group) is 1. The lowest BCUT2D eigenvalue weighted by Gasteiger charge is -2.17. The maximum absolute atomic E-state index is 12.5. The van der Waals surface area contributed by atoms with Crippen molar-refractivity contribution >= 4 is 28.9 Å². The molecule has 0 saturated carbocycles. The van der Waals surface area contributed by atoms with E-state index in [4.69, 9.17) is 11.6 Å². The lowest BCUT2D eigenvalue weighted by Crippen LogP contribution is -2.30. The summed E-state index contributed by atoms with van der Waals surface area (Å²) < 4.78 is 37.6. The maximum atomic E-state index is 12.5. The molecule has 0 saturated heterocycles. The zero-order chi connectivity index (χ0) is 20.2. The third-order valence-corrected chi connectivity index (χ3v) is 3.96. The number of benzene rings is 2. The van der Waals surface area contributed by atoms with Crippen LogP contribution in [0.25, 0.3) is 0 Å². The zero-order valence-corrected chi connectivity index (χ0v) is 14.8. The van der Waals surface area contributed by atoms with Crippen LogP contribution in [0.15, 0.2) is 42.5 Å². The number of anilines is 1. The van der Waals surface area contributed by atoms with Crippen LogP contribution in [0.3, 0.4) is 0 Å². The molecule has 0 unspecified atom stereocenters. The van der Waals surface area contributed by atoms with Crippen LogP contribution in [-0.2, 0) is 17.5 Å². The molecule has 6 nitrogen and oxygen atoms in total. The van der Waals surface area contributed by atoms with Crippen molar-refractivity contribution in [3.05, 3.63) is 68.7 Å². The van der Waals surface area contributed by atoms with Gasteiger partial charge in [0.2, 0.25) is 5.91 Å². The zero-order valence-electron chi connectivity index (χ0n) is 14.1. The topological polar surface area (TPSA) is 75.5 Å². The largest absolute Gasteiger partial charge is 0.416 e. The molecule has 10 heteroatoms. The van der Waals surface area contributed by atoms with Crippen molar-refractivity contribution in [1.82, 2.24) is 4.90 Å². The minimum atomic E-state index is -4.44. The van der Waals surface area contributed by atoms with E-state index in [1.165, 1.54) is 18.2 Å². The average Bonchev–Trinajstić information content (AvgIpc) is 2.56. The minimum Gasteiger partial charge on any atom is -0.325 e. The number of carbonyl (C=O) groups excluding carboxylic acids is 1. The highest BCUT2D eigenvalue weighted by Crippen LogP contribution is 2.29. The Morgan fingerprint density at radius 3 is 2.41 bits per heavy atom. The van der Waals surface area contributed by atoms with Crippen LogP contribution in [0.1, 0.15) is 11.1 Å². The van der Waals surface area contributed by atoms with E-state index in [1.54, 1.807) is 11.9 Å². The second-order valence-electron chi connectivity index (χ2n) is 5.83. The Morgan fingerprint density at radius 2 is 1.85 bits per heavy atom. The van der Waals surface area contributed by atoms with Gasteiger partial charge in [-0.15, -0.1) is 0 Å². The molecule has 2 aromatic carbocycles.